The van der Waals surface area contributed by atoms with Crippen molar-refractivity contribution < 1.29 is 19.1 Å². The van der Waals surface area contributed by atoms with Crippen LogP contribution < -0.4 is 15.5 Å². The van der Waals surface area contributed by atoms with Crippen LogP contribution in [0.15, 0.2) is 35.7 Å². The number of benzene rings is 1. The summed E-state index contributed by atoms with van der Waals surface area (Å²) in [7, 11) is 1.31. The average molecular weight is 472 g/mol. The first kappa shape index (κ1) is 23.1. The Labute approximate surface area is 197 Å². The van der Waals surface area contributed by atoms with Crippen LogP contribution in [-0.4, -0.2) is 87.2 Å². The Morgan fingerprint density at radius 1 is 0.970 bits per heavy atom. The van der Waals surface area contributed by atoms with Crippen molar-refractivity contribution in [1.82, 2.24) is 15.1 Å². The van der Waals surface area contributed by atoms with Crippen LogP contribution in [0, 0.1) is 0 Å². The molecule has 176 valence electrons. The number of rotatable bonds is 4. The zero-order chi connectivity index (χ0) is 23.2. The second kappa shape index (κ2) is 10.7. The Morgan fingerprint density at radius 3 is 2.48 bits per heavy atom. The molecule has 2 fully saturated rings. The number of carbonyl (C=O) groups excluding carboxylic acids is 3. The van der Waals surface area contributed by atoms with Crippen LogP contribution in [0.2, 0.25) is 0 Å². The number of hydrogen-bond donors (Lipinski definition) is 2. The highest BCUT2D eigenvalue weighted by molar-refractivity contribution is 7.12. The molecule has 1 aromatic heterocycles. The maximum atomic E-state index is 13.1. The summed E-state index contributed by atoms with van der Waals surface area (Å²) >= 11 is 1.44. The molecule has 1 aromatic carbocycles. The van der Waals surface area contributed by atoms with Crippen molar-refractivity contribution in [3.05, 3.63) is 46.2 Å². The van der Waals surface area contributed by atoms with Gasteiger partial charge in [-0.05, 0) is 42.6 Å². The molecule has 3 heterocycles. The number of nitrogens with one attached hydrogen (secondary N) is 2. The molecule has 0 saturated carbocycles. The van der Waals surface area contributed by atoms with E-state index in [4.69, 9.17) is 4.74 Å². The van der Waals surface area contributed by atoms with Crippen LogP contribution in [0.4, 0.5) is 16.2 Å². The Hall–Kier alpha value is -3.11. The van der Waals surface area contributed by atoms with Gasteiger partial charge in [0.05, 0.1) is 23.4 Å². The summed E-state index contributed by atoms with van der Waals surface area (Å²) in [6.07, 6.45) is 0.317. The first-order valence-electron chi connectivity index (χ1n) is 11.1. The Kier molecular flexibility index (Phi) is 7.46. The molecule has 2 aliphatic rings. The zero-order valence-corrected chi connectivity index (χ0v) is 19.5. The van der Waals surface area contributed by atoms with Gasteiger partial charge in [-0.15, -0.1) is 11.3 Å². The molecule has 0 atom stereocenters. The number of amides is 3. The molecule has 0 bridgehead atoms. The van der Waals surface area contributed by atoms with Gasteiger partial charge in [0.1, 0.15) is 0 Å². The van der Waals surface area contributed by atoms with Crippen molar-refractivity contribution in [2.45, 2.75) is 6.42 Å². The summed E-state index contributed by atoms with van der Waals surface area (Å²) in [5, 5.41) is 7.96. The molecular formula is C23H29N5O4S. The monoisotopic (exact) mass is 471 g/mol. The highest BCUT2D eigenvalue weighted by Crippen LogP contribution is 2.29. The van der Waals surface area contributed by atoms with Gasteiger partial charge in [0.2, 0.25) is 0 Å². The molecule has 0 unspecified atom stereocenters. The average Bonchev–Trinajstić information content (AvgIpc) is 3.25. The summed E-state index contributed by atoms with van der Waals surface area (Å²) in [5.74, 6) is -0.00465. The maximum absolute atomic E-state index is 13.1. The number of ether oxygens (including phenoxy) is 1. The summed E-state index contributed by atoms with van der Waals surface area (Å²) in [5.41, 5.74) is 1.86. The highest BCUT2D eigenvalue weighted by atomic mass is 32.1. The molecule has 2 saturated heterocycles. The smallest absolute Gasteiger partial charge is 0.411 e. The fourth-order valence-corrected chi connectivity index (χ4v) is 4.83. The molecule has 2 aliphatic heterocycles. The number of carbonyl (C=O) groups is 3. The van der Waals surface area contributed by atoms with Crippen LogP contribution in [-0.2, 0) is 4.74 Å². The van der Waals surface area contributed by atoms with Crippen molar-refractivity contribution >= 4 is 40.6 Å². The summed E-state index contributed by atoms with van der Waals surface area (Å²) in [6.45, 7) is 5.43. The van der Waals surface area contributed by atoms with E-state index in [1.54, 1.807) is 6.07 Å². The molecule has 0 radical (unpaired) electrons. The van der Waals surface area contributed by atoms with Crippen LogP contribution in [0.5, 0.6) is 0 Å². The second-order valence-electron chi connectivity index (χ2n) is 8.00. The Bertz CT molecular complexity index is 981. The quantitative estimate of drug-likeness (QED) is 0.711. The number of piperazine rings is 1. The molecule has 3 amide bonds. The number of hydrogen-bond acceptors (Lipinski definition) is 7. The van der Waals surface area contributed by atoms with Gasteiger partial charge in [-0.25, -0.2) is 4.79 Å². The van der Waals surface area contributed by atoms with Crippen LogP contribution >= 0.6 is 11.3 Å². The minimum absolute atomic E-state index is 0.0467. The van der Waals surface area contributed by atoms with Crippen molar-refractivity contribution in [3.63, 3.8) is 0 Å². The van der Waals surface area contributed by atoms with Gasteiger partial charge in [0.25, 0.3) is 11.8 Å². The number of methoxy groups -OCH3 is 1. The van der Waals surface area contributed by atoms with Crippen molar-refractivity contribution in [1.29, 1.82) is 0 Å². The lowest BCUT2D eigenvalue weighted by molar-refractivity contribution is 0.0748. The van der Waals surface area contributed by atoms with E-state index in [0.29, 0.717) is 50.5 Å². The van der Waals surface area contributed by atoms with Gasteiger partial charge in [0, 0.05) is 51.4 Å². The van der Waals surface area contributed by atoms with E-state index in [0.717, 1.165) is 30.1 Å². The van der Waals surface area contributed by atoms with E-state index in [1.165, 1.54) is 18.4 Å². The molecular weight excluding hydrogens is 442 g/mol. The van der Waals surface area contributed by atoms with Crippen LogP contribution in [0.25, 0.3) is 0 Å². The maximum Gasteiger partial charge on any atom is 0.411 e. The first-order chi connectivity index (χ1) is 16.1. The summed E-state index contributed by atoms with van der Waals surface area (Å²) in [4.78, 5) is 44.3. The molecule has 9 nitrogen and oxygen atoms in total. The predicted octanol–water partition coefficient (Wildman–Crippen LogP) is 2.32. The third-order valence-corrected chi connectivity index (χ3v) is 6.79. The van der Waals surface area contributed by atoms with Crippen molar-refractivity contribution in [2.24, 2.45) is 0 Å². The molecule has 0 aliphatic carbocycles. The van der Waals surface area contributed by atoms with E-state index in [1.807, 2.05) is 39.4 Å². The summed E-state index contributed by atoms with van der Waals surface area (Å²) in [6, 6.07) is 9.11. The zero-order valence-electron chi connectivity index (χ0n) is 18.7. The van der Waals surface area contributed by atoms with Gasteiger partial charge in [-0.1, -0.05) is 6.07 Å². The number of thiophene rings is 1. The predicted molar refractivity (Wildman–Crippen MR) is 128 cm³/mol. The molecule has 10 heteroatoms. The third-order valence-electron chi connectivity index (χ3n) is 5.93. The molecule has 2 aromatic rings. The van der Waals surface area contributed by atoms with Crippen LogP contribution in [0.3, 0.4) is 0 Å². The van der Waals surface area contributed by atoms with E-state index < -0.39 is 6.09 Å². The lowest BCUT2D eigenvalue weighted by Crippen LogP contribution is -2.48. The number of anilines is 2. The fourth-order valence-electron chi connectivity index (χ4n) is 4.14. The fraction of sp³-hybridized carbons (Fsp3) is 0.435. The molecule has 4 rings (SSSR count). The summed E-state index contributed by atoms with van der Waals surface area (Å²) < 4.78 is 4.80. The van der Waals surface area contributed by atoms with Gasteiger partial charge < -0.3 is 24.8 Å². The van der Waals surface area contributed by atoms with E-state index >= 15 is 0 Å². The highest BCUT2D eigenvalue weighted by Gasteiger charge is 2.26. The first-order valence-corrected chi connectivity index (χ1v) is 12.0. The molecule has 33 heavy (non-hydrogen) atoms. The van der Waals surface area contributed by atoms with Gasteiger partial charge in [-0.3, -0.25) is 14.9 Å². The lowest BCUT2D eigenvalue weighted by atomic mass is 10.1. The third kappa shape index (κ3) is 5.45. The van der Waals surface area contributed by atoms with E-state index in [2.05, 4.69) is 15.5 Å². The molecule has 0 spiro atoms. The van der Waals surface area contributed by atoms with Gasteiger partial charge in [0.15, 0.2) is 0 Å². The van der Waals surface area contributed by atoms with Gasteiger partial charge in [-0.2, -0.15) is 0 Å². The Balaban J connectivity index is 1.50. The van der Waals surface area contributed by atoms with E-state index in [9.17, 15) is 14.4 Å². The minimum Gasteiger partial charge on any atom is -0.453 e. The van der Waals surface area contributed by atoms with Crippen LogP contribution in [0.1, 0.15) is 26.5 Å². The lowest BCUT2D eigenvalue weighted by Gasteiger charge is -2.37. The SMILES string of the molecule is COC(=O)Nc1cc(C(=O)N2CCCNCC2)ccc1N1CCN(C(=O)c2cccs2)CC1. The standard InChI is InChI=1S/C23H29N5O4S/c1-32-23(31)25-18-16-17(21(29)27-9-3-7-24-8-10-27)5-6-19(18)26-11-13-28(14-12-26)22(30)20-4-2-15-33-20/h2,4-6,15-16,24H,3,7-14H2,1H3,(H,25,31). The van der Waals surface area contributed by atoms with Gasteiger partial charge >= 0.3 is 6.09 Å². The largest absolute Gasteiger partial charge is 0.453 e. The second-order valence-corrected chi connectivity index (χ2v) is 8.95. The van der Waals surface area contributed by atoms with Crippen molar-refractivity contribution in [2.75, 3.05) is 69.7 Å². The topological polar surface area (TPSA) is 94.2 Å². The number of nitrogens with zero attached hydrogens (tertiary/aromatic N) is 3. The molecule has 2 N–H and O–H groups in total. The minimum atomic E-state index is -0.591. The Morgan fingerprint density at radius 2 is 1.76 bits per heavy atom. The van der Waals surface area contributed by atoms with E-state index in [-0.39, 0.29) is 11.8 Å². The van der Waals surface area contributed by atoms with Crippen molar-refractivity contribution in [3.8, 4) is 0 Å². The normalized spacial score (nSPS) is 16.8.